The van der Waals surface area contributed by atoms with E-state index in [1.165, 1.54) is 0 Å². The summed E-state index contributed by atoms with van der Waals surface area (Å²) < 4.78 is 0. The van der Waals surface area contributed by atoms with Crippen LogP contribution in [0.25, 0.3) is 0 Å². The molecule has 0 aliphatic carbocycles. The highest BCUT2D eigenvalue weighted by Gasteiger charge is 2.13. The Kier molecular flexibility index (Phi) is 6.45. The molecule has 0 aromatic heterocycles. The number of benzene rings is 1. The van der Waals surface area contributed by atoms with Crippen molar-refractivity contribution >= 4 is 5.69 Å². The van der Waals surface area contributed by atoms with Crippen LogP contribution in [0.15, 0.2) is 18.2 Å². The van der Waals surface area contributed by atoms with Gasteiger partial charge < -0.3 is 10.0 Å². The van der Waals surface area contributed by atoms with Gasteiger partial charge in [0.2, 0.25) is 0 Å². The molecule has 1 N–H and O–H groups in total. The minimum atomic E-state index is -0.333. The molecule has 0 atom stereocenters. The summed E-state index contributed by atoms with van der Waals surface area (Å²) in [6.45, 7) is 3.69. The fraction of sp³-hybridized carbons (Fsp3) is 0.571. The molecule has 0 aliphatic heterocycles. The normalized spacial score (nSPS) is 10.9. The number of rotatable bonds is 8. The van der Waals surface area contributed by atoms with E-state index >= 15 is 0 Å². The van der Waals surface area contributed by atoms with Crippen LogP contribution in [0, 0.1) is 17.0 Å². The second-order valence-electron chi connectivity index (χ2n) is 4.84. The molecule has 1 rings (SSSR count). The molecular weight excluding hydrogens is 244 g/mol. The van der Waals surface area contributed by atoms with Gasteiger partial charge in [-0.05, 0) is 45.3 Å². The van der Waals surface area contributed by atoms with E-state index in [2.05, 4.69) is 4.90 Å². The first-order chi connectivity index (χ1) is 9.06. The first kappa shape index (κ1) is 15.6. The van der Waals surface area contributed by atoms with E-state index in [1.54, 1.807) is 19.1 Å². The van der Waals surface area contributed by atoms with Crippen molar-refractivity contribution in [3.05, 3.63) is 39.4 Å². The Balaban J connectivity index is 2.57. The van der Waals surface area contributed by atoms with Gasteiger partial charge in [0.15, 0.2) is 0 Å². The van der Waals surface area contributed by atoms with Gasteiger partial charge >= 0.3 is 0 Å². The lowest BCUT2D eigenvalue weighted by Crippen LogP contribution is -2.19. The number of unbranched alkanes of at least 4 members (excludes halogenated alkanes) is 2. The van der Waals surface area contributed by atoms with Crippen LogP contribution in [0.1, 0.15) is 30.4 Å². The Labute approximate surface area is 114 Å². The molecule has 0 fully saturated rings. The summed E-state index contributed by atoms with van der Waals surface area (Å²) in [6, 6.07) is 5.21. The third-order valence-corrected chi connectivity index (χ3v) is 3.25. The Morgan fingerprint density at radius 2 is 2.05 bits per heavy atom. The van der Waals surface area contributed by atoms with E-state index in [-0.39, 0.29) is 17.2 Å². The molecule has 0 amide bonds. The quantitative estimate of drug-likeness (QED) is 0.446. The third-order valence-electron chi connectivity index (χ3n) is 3.25. The maximum Gasteiger partial charge on any atom is 0.272 e. The van der Waals surface area contributed by atoms with Crippen molar-refractivity contribution in [1.29, 1.82) is 0 Å². The minimum absolute atomic E-state index is 0.186. The number of aliphatic hydroxyl groups is 1. The first-order valence-corrected chi connectivity index (χ1v) is 6.58. The molecule has 5 nitrogen and oxygen atoms in total. The number of nitrogens with zero attached hydrogens (tertiary/aromatic N) is 2. The van der Waals surface area contributed by atoms with Gasteiger partial charge in [-0.2, -0.15) is 0 Å². The van der Waals surface area contributed by atoms with Crippen molar-refractivity contribution in [2.24, 2.45) is 0 Å². The molecule has 0 bridgehead atoms. The SMILES string of the molecule is Cc1c(CN(C)CCCCCO)cccc1[N+](=O)[O-]. The summed E-state index contributed by atoms with van der Waals surface area (Å²) >= 11 is 0. The van der Waals surface area contributed by atoms with Gasteiger partial charge in [0.05, 0.1) is 4.92 Å². The maximum atomic E-state index is 10.9. The van der Waals surface area contributed by atoms with Gasteiger partial charge in [-0.1, -0.05) is 12.1 Å². The number of hydrogen-bond donors (Lipinski definition) is 1. The summed E-state index contributed by atoms with van der Waals surface area (Å²) in [5, 5.41) is 19.6. The third kappa shape index (κ3) is 4.96. The van der Waals surface area contributed by atoms with E-state index in [0.29, 0.717) is 6.54 Å². The molecule has 0 heterocycles. The number of nitro benzene ring substituents is 1. The molecule has 106 valence electrons. The Hall–Kier alpha value is -1.46. The van der Waals surface area contributed by atoms with Gasteiger partial charge in [0.1, 0.15) is 0 Å². The monoisotopic (exact) mass is 266 g/mol. The largest absolute Gasteiger partial charge is 0.396 e. The number of hydrogen-bond acceptors (Lipinski definition) is 4. The molecule has 0 radical (unpaired) electrons. The van der Waals surface area contributed by atoms with Gasteiger partial charge in [-0.25, -0.2) is 0 Å². The van der Waals surface area contributed by atoms with E-state index in [1.807, 2.05) is 13.1 Å². The van der Waals surface area contributed by atoms with Gasteiger partial charge in [0.25, 0.3) is 5.69 Å². The van der Waals surface area contributed by atoms with Crippen LogP contribution < -0.4 is 0 Å². The predicted molar refractivity (Wildman–Crippen MR) is 75.1 cm³/mol. The maximum absolute atomic E-state index is 10.9. The number of aliphatic hydroxyl groups excluding tert-OH is 1. The highest BCUT2D eigenvalue weighted by Crippen LogP contribution is 2.22. The first-order valence-electron chi connectivity index (χ1n) is 6.58. The standard InChI is InChI=1S/C14H22N2O3/c1-12-13(7-6-8-14(12)16(18)19)11-15(2)9-4-3-5-10-17/h6-8,17H,3-5,9-11H2,1-2H3. The molecule has 19 heavy (non-hydrogen) atoms. The van der Waals surface area contributed by atoms with Crippen LogP contribution in [0.5, 0.6) is 0 Å². The van der Waals surface area contributed by atoms with Crippen molar-refractivity contribution in [2.45, 2.75) is 32.7 Å². The average Bonchev–Trinajstić information content (AvgIpc) is 2.37. The number of nitro groups is 1. The van der Waals surface area contributed by atoms with Gasteiger partial charge in [-0.3, -0.25) is 10.1 Å². The van der Waals surface area contributed by atoms with Crippen LogP contribution in [-0.2, 0) is 6.54 Å². The van der Waals surface area contributed by atoms with Crippen molar-refractivity contribution in [3.63, 3.8) is 0 Å². The van der Waals surface area contributed by atoms with Crippen molar-refractivity contribution in [2.75, 3.05) is 20.2 Å². The van der Waals surface area contributed by atoms with Crippen molar-refractivity contribution in [1.82, 2.24) is 4.90 Å². The van der Waals surface area contributed by atoms with Crippen molar-refractivity contribution < 1.29 is 10.0 Å². The fourth-order valence-corrected chi connectivity index (χ4v) is 2.08. The molecule has 0 unspecified atom stereocenters. The van der Waals surface area contributed by atoms with E-state index in [0.717, 1.165) is 36.9 Å². The van der Waals surface area contributed by atoms with E-state index < -0.39 is 0 Å². The molecular formula is C14H22N2O3. The second-order valence-corrected chi connectivity index (χ2v) is 4.84. The molecule has 0 aliphatic rings. The predicted octanol–water partition coefficient (Wildman–Crippen LogP) is 2.50. The molecule has 1 aromatic carbocycles. The highest BCUT2D eigenvalue weighted by molar-refractivity contribution is 5.44. The second kappa shape index (κ2) is 7.86. The Morgan fingerprint density at radius 3 is 2.68 bits per heavy atom. The van der Waals surface area contributed by atoms with Gasteiger partial charge in [0, 0.05) is 24.8 Å². The molecule has 0 saturated heterocycles. The summed E-state index contributed by atoms with van der Waals surface area (Å²) in [4.78, 5) is 12.7. The van der Waals surface area contributed by atoms with Crippen LogP contribution in [0.4, 0.5) is 5.69 Å². The zero-order valence-electron chi connectivity index (χ0n) is 11.6. The van der Waals surface area contributed by atoms with E-state index in [4.69, 9.17) is 5.11 Å². The zero-order chi connectivity index (χ0) is 14.3. The Morgan fingerprint density at radius 1 is 1.32 bits per heavy atom. The Bertz CT molecular complexity index is 421. The van der Waals surface area contributed by atoms with Crippen LogP contribution in [-0.4, -0.2) is 35.1 Å². The molecule has 0 saturated carbocycles. The topological polar surface area (TPSA) is 66.6 Å². The summed E-state index contributed by atoms with van der Waals surface area (Å²) in [6.07, 6.45) is 2.88. The highest BCUT2D eigenvalue weighted by atomic mass is 16.6. The smallest absolute Gasteiger partial charge is 0.272 e. The average molecular weight is 266 g/mol. The van der Waals surface area contributed by atoms with Crippen molar-refractivity contribution in [3.8, 4) is 0 Å². The summed E-state index contributed by atoms with van der Waals surface area (Å²) in [5.41, 5.74) is 1.93. The zero-order valence-corrected chi connectivity index (χ0v) is 11.6. The van der Waals surface area contributed by atoms with Gasteiger partial charge in [-0.15, -0.1) is 0 Å². The summed E-state index contributed by atoms with van der Waals surface area (Å²) in [7, 11) is 2.01. The fourth-order valence-electron chi connectivity index (χ4n) is 2.08. The van der Waals surface area contributed by atoms with Crippen LogP contribution >= 0.6 is 0 Å². The van der Waals surface area contributed by atoms with E-state index in [9.17, 15) is 10.1 Å². The lowest BCUT2D eigenvalue weighted by Gasteiger charge is -2.17. The summed E-state index contributed by atoms with van der Waals surface area (Å²) in [5.74, 6) is 0. The van der Waals surface area contributed by atoms with Crippen LogP contribution in [0.3, 0.4) is 0 Å². The molecule has 5 heteroatoms. The van der Waals surface area contributed by atoms with Crippen LogP contribution in [0.2, 0.25) is 0 Å². The molecule has 1 aromatic rings. The molecule has 0 spiro atoms. The lowest BCUT2D eigenvalue weighted by molar-refractivity contribution is -0.385. The minimum Gasteiger partial charge on any atom is -0.396 e. The lowest BCUT2D eigenvalue weighted by atomic mass is 10.1.